The average molecular weight is 324 g/mol. The van der Waals surface area contributed by atoms with Crippen LogP contribution < -0.4 is 5.32 Å². The van der Waals surface area contributed by atoms with Crippen LogP contribution in [0, 0.1) is 12.3 Å². The fourth-order valence-electron chi connectivity index (χ4n) is 1.35. The number of thiophene rings is 1. The molecule has 0 aliphatic carbocycles. The SMILES string of the molecule is Cc1c(C(=O)NC(C)C(C)(C)C)csc1S(=O)(=O)Cl. The van der Waals surface area contributed by atoms with Crippen molar-refractivity contribution < 1.29 is 13.2 Å². The summed E-state index contributed by atoms with van der Waals surface area (Å²) in [6, 6.07) is -0.0321. The molecule has 1 heterocycles. The second kappa shape index (κ2) is 5.42. The molecule has 0 aliphatic heterocycles. The second-order valence-corrected chi connectivity index (χ2v) is 9.20. The highest BCUT2D eigenvalue weighted by Gasteiger charge is 2.26. The van der Waals surface area contributed by atoms with Crippen molar-refractivity contribution in [2.24, 2.45) is 5.41 Å². The Balaban J connectivity index is 3.01. The van der Waals surface area contributed by atoms with E-state index >= 15 is 0 Å². The third-order valence-electron chi connectivity index (χ3n) is 3.11. The van der Waals surface area contributed by atoms with Crippen LogP contribution in [0.15, 0.2) is 9.59 Å². The zero-order valence-corrected chi connectivity index (χ0v) is 14.0. The Hall–Kier alpha value is -0.590. The maximum Gasteiger partial charge on any atom is 0.271 e. The number of nitrogens with one attached hydrogen (secondary N) is 1. The minimum Gasteiger partial charge on any atom is -0.349 e. The van der Waals surface area contributed by atoms with Crippen molar-refractivity contribution in [3.63, 3.8) is 0 Å². The molecule has 1 N–H and O–H groups in total. The summed E-state index contributed by atoms with van der Waals surface area (Å²) in [5.41, 5.74) is 0.694. The van der Waals surface area contributed by atoms with Gasteiger partial charge in [0.1, 0.15) is 4.21 Å². The minimum atomic E-state index is -3.79. The van der Waals surface area contributed by atoms with Crippen LogP contribution in [-0.2, 0) is 9.05 Å². The first-order valence-electron chi connectivity index (χ1n) is 5.78. The molecule has 4 nitrogen and oxygen atoms in total. The van der Waals surface area contributed by atoms with Crippen molar-refractivity contribution in [3.05, 3.63) is 16.5 Å². The van der Waals surface area contributed by atoms with E-state index in [2.05, 4.69) is 5.32 Å². The molecule has 0 spiro atoms. The number of hydrogen-bond acceptors (Lipinski definition) is 4. The smallest absolute Gasteiger partial charge is 0.271 e. The van der Waals surface area contributed by atoms with E-state index in [9.17, 15) is 13.2 Å². The highest BCUT2D eigenvalue weighted by atomic mass is 35.7. The Bertz CT molecular complexity index is 585. The molecule has 0 aliphatic rings. The number of amides is 1. The molecule has 108 valence electrons. The van der Waals surface area contributed by atoms with Crippen molar-refractivity contribution in [1.29, 1.82) is 0 Å². The lowest BCUT2D eigenvalue weighted by molar-refractivity contribution is 0.0910. The summed E-state index contributed by atoms with van der Waals surface area (Å²) in [6.45, 7) is 9.56. The lowest BCUT2D eigenvalue weighted by Crippen LogP contribution is -2.41. The molecule has 1 atom stereocenters. The van der Waals surface area contributed by atoms with Crippen molar-refractivity contribution in [3.8, 4) is 0 Å². The van der Waals surface area contributed by atoms with Crippen LogP contribution in [0.1, 0.15) is 43.6 Å². The summed E-state index contributed by atoms with van der Waals surface area (Å²) >= 11 is 0.965. The van der Waals surface area contributed by atoms with Gasteiger partial charge in [0.2, 0.25) is 0 Å². The van der Waals surface area contributed by atoms with Crippen LogP contribution in [-0.4, -0.2) is 20.4 Å². The lowest BCUT2D eigenvalue weighted by Gasteiger charge is -2.28. The van der Waals surface area contributed by atoms with Gasteiger partial charge in [-0.1, -0.05) is 20.8 Å². The van der Waals surface area contributed by atoms with Crippen molar-refractivity contribution in [2.75, 3.05) is 0 Å². The van der Waals surface area contributed by atoms with E-state index in [-0.39, 0.29) is 21.6 Å². The molecular weight excluding hydrogens is 306 g/mol. The third-order valence-corrected chi connectivity index (χ3v) is 6.41. The van der Waals surface area contributed by atoms with Crippen molar-refractivity contribution in [1.82, 2.24) is 5.32 Å². The summed E-state index contributed by atoms with van der Waals surface area (Å²) < 4.78 is 22.7. The summed E-state index contributed by atoms with van der Waals surface area (Å²) in [5.74, 6) is -0.275. The molecule has 0 bridgehead atoms. The van der Waals surface area contributed by atoms with Gasteiger partial charge in [-0.2, -0.15) is 0 Å². The highest BCUT2D eigenvalue weighted by Crippen LogP contribution is 2.29. The topological polar surface area (TPSA) is 63.2 Å². The summed E-state index contributed by atoms with van der Waals surface area (Å²) in [4.78, 5) is 12.1. The van der Waals surface area contributed by atoms with Crippen molar-refractivity contribution in [2.45, 2.75) is 44.9 Å². The van der Waals surface area contributed by atoms with Crippen LogP contribution in [0.2, 0.25) is 0 Å². The number of halogens is 1. The lowest BCUT2D eigenvalue weighted by atomic mass is 9.88. The van der Waals surface area contributed by atoms with Gasteiger partial charge in [-0.05, 0) is 24.8 Å². The van der Waals surface area contributed by atoms with Gasteiger partial charge >= 0.3 is 0 Å². The maximum absolute atomic E-state index is 12.1. The van der Waals surface area contributed by atoms with E-state index in [4.69, 9.17) is 10.7 Å². The second-order valence-electron chi connectivity index (χ2n) is 5.56. The average Bonchev–Trinajstić information content (AvgIpc) is 2.57. The van der Waals surface area contributed by atoms with Gasteiger partial charge in [-0.3, -0.25) is 4.79 Å². The van der Waals surface area contributed by atoms with Crippen LogP contribution in [0.3, 0.4) is 0 Å². The minimum absolute atomic E-state index is 0.0303. The Morgan fingerprint density at radius 2 is 1.95 bits per heavy atom. The molecule has 0 saturated carbocycles. The zero-order valence-electron chi connectivity index (χ0n) is 11.6. The molecule has 1 amide bonds. The summed E-state index contributed by atoms with van der Waals surface area (Å²) in [7, 11) is 1.52. The molecule has 0 radical (unpaired) electrons. The first-order valence-corrected chi connectivity index (χ1v) is 8.97. The summed E-state index contributed by atoms with van der Waals surface area (Å²) in [5, 5.41) is 4.39. The molecule has 1 unspecified atom stereocenters. The molecular formula is C12H18ClNO3S2. The number of carbonyl (C=O) groups is 1. The number of hydrogen-bond donors (Lipinski definition) is 1. The number of rotatable bonds is 3. The normalized spacial score (nSPS) is 14.2. The maximum atomic E-state index is 12.1. The highest BCUT2D eigenvalue weighted by molar-refractivity contribution is 8.15. The van der Waals surface area contributed by atoms with Gasteiger partial charge in [0, 0.05) is 22.1 Å². The number of carbonyl (C=O) groups excluding carboxylic acids is 1. The predicted molar refractivity (Wildman–Crippen MR) is 78.5 cm³/mol. The molecule has 19 heavy (non-hydrogen) atoms. The summed E-state index contributed by atoms with van der Waals surface area (Å²) in [6.07, 6.45) is 0. The standard InChI is InChI=1S/C12H18ClNO3S2/c1-7-9(6-18-11(7)19(13,16)17)10(15)14-8(2)12(3,4)5/h6,8H,1-5H3,(H,14,15). The fourth-order valence-corrected chi connectivity index (χ4v) is 3.90. The first-order chi connectivity index (χ1) is 8.44. The quantitative estimate of drug-likeness (QED) is 0.869. The van der Waals surface area contributed by atoms with E-state index in [0.29, 0.717) is 11.1 Å². The van der Waals surface area contributed by atoms with E-state index in [1.807, 2.05) is 27.7 Å². The van der Waals surface area contributed by atoms with Gasteiger partial charge in [0.15, 0.2) is 0 Å². The Labute approximate surface area is 122 Å². The molecule has 0 fully saturated rings. The Morgan fingerprint density at radius 1 is 1.42 bits per heavy atom. The van der Waals surface area contributed by atoms with E-state index < -0.39 is 9.05 Å². The van der Waals surface area contributed by atoms with Crippen LogP contribution in [0.4, 0.5) is 0 Å². The van der Waals surface area contributed by atoms with Crippen LogP contribution in [0.25, 0.3) is 0 Å². The van der Waals surface area contributed by atoms with Gasteiger partial charge in [-0.25, -0.2) is 8.42 Å². The van der Waals surface area contributed by atoms with E-state index in [1.54, 1.807) is 6.92 Å². The Morgan fingerprint density at radius 3 is 2.32 bits per heavy atom. The molecule has 1 aromatic rings. The van der Waals surface area contributed by atoms with Crippen LogP contribution >= 0.6 is 22.0 Å². The van der Waals surface area contributed by atoms with Crippen LogP contribution in [0.5, 0.6) is 0 Å². The molecule has 0 aromatic carbocycles. The predicted octanol–water partition coefficient (Wildman–Crippen LogP) is 3.15. The third kappa shape index (κ3) is 3.94. The molecule has 1 rings (SSSR count). The van der Waals surface area contributed by atoms with Gasteiger partial charge in [-0.15, -0.1) is 11.3 Å². The van der Waals surface area contributed by atoms with Gasteiger partial charge in [0.25, 0.3) is 15.0 Å². The van der Waals surface area contributed by atoms with E-state index in [0.717, 1.165) is 11.3 Å². The monoisotopic (exact) mass is 323 g/mol. The van der Waals surface area contributed by atoms with E-state index in [1.165, 1.54) is 5.38 Å². The Kier molecular flexibility index (Phi) is 4.70. The largest absolute Gasteiger partial charge is 0.349 e. The molecule has 0 saturated heterocycles. The van der Waals surface area contributed by atoms with Gasteiger partial charge in [0.05, 0.1) is 5.56 Å². The van der Waals surface area contributed by atoms with Gasteiger partial charge < -0.3 is 5.32 Å². The molecule has 7 heteroatoms. The fraction of sp³-hybridized carbons (Fsp3) is 0.583. The van der Waals surface area contributed by atoms with Crippen molar-refractivity contribution >= 4 is 37.0 Å². The molecule has 1 aromatic heterocycles. The zero-order chi connectivity index (χ0) is 15.0. The first kappa shape index (κ1) is 16.5.